The van der Waals surface area contributed by atoms with E-state index < -0.39 is 0 Å². The van der Waals surface area contributed by atoms with Crippen molar-refractivity contribution in [2.75, 3.05) is 11.5 Å². The lowest BCUT2D eigenvalue weighted by Crippen LogP contribution is -2.04. The summed E-state index contributed by atoms with van der Waals surface area (Å²) in [6, 6.07) is 0.715. The second-order valence-corrected chi connectivity index (χ2v) is 3.68. The van der Waals surface area contributed by atoms with Crippen molar-refractivity contribution in [1.82, 2.24) is 9.55 Å². The first-order chi connectivity index (χ1) is 4.97. The molecule has 1 unspecified atom stereocenters. The quantitative estimate of drug-likeness (QED) is 0.611. The van der Waals surface area contributed by atoms with Gasteiger partial charge in [-0.3, -0.25) is 0 Å². The fraction of sp³-hybridized carbons (Fsp3) is 0.571. The minimum Gasteiger partial charge on any atom is -0.334 e. The summed E-state index contributed by atoms with van der Waals surface area (Å²) >= 11 is 2.03. The third kappa shape index (κ3) is 1.06. The molecule has 1 aromatic heterocycles. The molecule has 1 atom stereocenters. The summed E-state index contributed by atoms with van der Waals surface area (Å²) in [6.45, 7) is 0. The molecule has 0 radical (unpaired) electrons. The van der Waals surface area contributed by atoms with Crippen LogP contribution in [0.15, 0.2) is 18.7 Å². The van der Waals surface area contributed by atoms with Gasteiger partial charge < -0.3 is 4.57 Å². The highest BCUT2D eigenvalue weighted by Gasteiger charge is 2.15. The summed E-state index contributed by atoms with van der Waals surface area (Å²) in [5.74, 6) is 2.57. The molecule has 1 fully saturated rings. The summed E-state index contributed by atoms with van der Waals surface area (Å²) in [6.07, 6.45) is 7.12. The third-order valence-electron chi connectivity index (χ3n) is 1.85. The fourth-order valence-electron chi connectivity index (χ4n) is 1.24. The number of nitrogens with zero attached hydrogens (tertiary/aromatic N) is 2. The van der Waals surface area contributed by atoms with Crippen LogP contribution in [-0.4, -0.2) is 21.1 Å². The van der Waals surface area contributed by atoms with Gasteiger partial charge >= 0.3 is 0 Å². The summed E-state index contributed by atoms with van der Waals surface area (Å²) < 4.78 is 2.21. The van der Waals surface area contributed by atoms with Crippen LogP contribution in [0.25, 0.3) is 0 Å². The van der Waals surface area contributed by atoms with Crippen LogP contribution >= 0.6 is 11.8 Å². The second-order valence-electron chi connectivity index (χ2n) is 2.53. The Kier molecular flexibility index (Phi) is 1.67. The van der Waals surface area contributed by atoms with Gasteiger partial charge in [0.2, 0.25) is 0 Å². The Morgan fingerprint density at radius 1 is 1.60 bits per heavy atom. The van der Waals surface area contributed by atoms with Crippen LogP contribution in [0.4, 0.5) is 0 Å². The summed E-state index contributed by atoms with van der Waals surface area (Å²) in [5.41, 5.74) is 0. The van der Waals surface area contributed by atoms with Crippen molar-refractivity contribution in [2.45, 2.75) is 12.5 Å². The molecule has 10 heavy (non-hydrogen) atoms. The minimum absolute atomic E-state index is 0.715. The lowest BCUT2D eigenvalue weighted by molar-refractivity contribution is 0.560. The van der Waals surface area contributed by atoms with Gasteiger partial charge in [0.25, 0.3) is 0 Å². The minimum atomic E-state index is 0.715. The van der Waals surface area contributed by atoms with E-state index in [1.54, 1.807) is 0 Å². The van der Waals surface area contributed by atoms with Crippen molar-refractivity contribution >= 4 is 11.8 Å². The van der Waals surface area contributed by atoms with E-state index >= 15 is 0 Å². The highest BCUT2D eigenvalue weighted by Crippen LogP contribution is 2.26. The van der Waals surface area contributed by atoms with Gasteiger partial charge in [-0.15, -0.1) is 0 Å². The standard InChI is InChI=1S/C7H10N2S/c1-4-10-5-7(1)9-3-2-8-6-9/h2-3,6-7H,1,4-5H2. The number of thioether (sulfide) groups is 1. The maximum atomic E-state index is 4.02. The van der Waals surface area contributed by atoms with Crippen LogP contribution in [0, 0.1) is 0 Å². The van der Waals surface area contributed by atoms with Crippen molar-refractivity contribution < 1.29 is 0 Å². The third-order valence-corrected chi connectivity index (χ3v) is 3.00. The molecule has 1 aromatic rings. The van der Waals surface area contributed by atoms with Gasteiger partial charge in [-0.25, -0.2) is 4.98 Å². The fourth-order valence-corrected chi connectivity index (χ4v) is 2.46. The van der Waals surface area contributed by atoms with Gasteiger partial charge in [0, 0.05) is 24.2 Å². The molecule has 1 aliphatic heterocycles. The van der Waals surface area contributed by atoms with Gasteiger partial charge in [0.15, 0.2) is 0 Å². The first-order valence-corrected chi connectivity index (χ1v) is 4.67. The zero-order valence-electron chi connectivity index (χ0n) is 5.73. The van der Waals surface area contributed by atoms with Crippen LogP contribution in [-0.2, 0) is 0 Å². The van der Waals surface area contributed by atoms with Gasteiger partial charge in [0.05, 0.1) is 6.33 Å². The zero-order chi connectivity index (χ0) is 6.81. The average molecular weight is 154 g/mol. The number of rotatable bonds is 1. The predicted molar refractivity (Wildman–Crippen MR) is 43.2 cm³/mol. The first-order valence-electron chi connectivity index (χ1n) is 3.52. The average Bonchev–Trinajstić information content (AvgIpc) is 2.59. The highest BCUT2D eigenvalue weighted by atomic mass is 32.2. The zero-order valence-corrected chi connectivity index (χ0v) is 6.55. The van der Waals surface area contributed by atoms with E-state index in [-0.39, 0.29) is 0 Å². The second kappa shape index (κ2) is 2.66. The lowest BCUT2D eigenvalue weighted by atomic mass is 10.3. The normalized spacial score (nSPS) is 25.4. The monoisotopic (exact) mass is 154 g/mol. The van der Waals surface area contributed by atoms with Crippen molar-refractivity contribution in [1.29, 1.82) is 0 Å². The van der Waals surface area contributed by atoms with E-state index in [4.69, 9.17) is 0 Å². The molecule has 0 bridgehead atoms. The van der Waals surface area contributed by atoms with Crippen molar-refractivity contribution in [3.8, 4) is 0 Å². The molecule has 0 aliphatic carbocycles. The topological polar surface area (TPSA) is 17.8 Å². The van der Waals surface area contributed by atoms with Crippen molar-refractivity contribution in [3.05, 3.63) is 18.7 Å². The maximum absolute atomic E-state index is 4.02. The molecule has 2 heterocycles. The molecule has 1 aliphatic rings. The van der Waals surface area contributed by atoms with Crippen LogP contribution in [0.1, 0.15) is 12.5 Å². The van der Waals surface area contributed by atoms with Crippen LogP contribution in [0.3, 0.4) is 0 Å². The van der Waals surface area contributed by atoms with E-state index in [0.29, 0.717) is 6.04 Å². The van der Waals surface area contributed by atoms with Crippen molar-refractivity contribution in [3.63, 3.8) is 0 Å². The van der Waals surface area contributed by atoms with Crippen LogP contribution in [0.5, 0.6) is 0 Å². The Balaban J connectivity index is 2.12. The van der Waals surface area contributed by atoms with E-state index in [1.807, 2.05) is 24.3 Å². The molecule has 0 spiro atoms. The summed E-state index contributed by atoms with van der Waals surface area (Å²) in [5, 5.41) is 0. The highest BCUT2D eigenvalue weighted by molar-refractivity contribution is 7.99. The summed E-state index contributed by atoms with van der Waals surface area (Å²) in [4.78, 5) is 4.02. The molecule has 1 saturated heterocycles. The van der Waals surface area contributed by atoms with E-state index in [2.05, 4.69) is 15.7 Å². The Bertz CT molecular complexity index is 189. The Morgan fingerprint density at radius 3 is 3.20 bits per heavy atom. The van der Waals surface area contributed by atoms with Gasteiger partial charge in [0.1, 0.15) is 0 Å². The molecule has 0 N–H and O–H groups in total. The van der Waals surface area contributed by atoms with Crippen molar-refractivity contribution in [2.24, 2.45) is 0 Å². The van der Waals surface area contributed by atoms with E-state index in [0.717, 1.165) is 0 Å². The number of hydrogen-bond donors (Lipinski definition) is 0. The Hall–Kier alpha value is -0.440. The Morgan fingerprint density at radius 2 is 2.60 bits per heavy atom. The largest absolute Gasteiger partial charge is 0.334 e. The number of aromatic nitrogens is 2. The van der Waals surface area contributed by atoms with Gasteiger partial charge in [-0.2, -0.15) is 11.8 Å². The Labute approximate surface area is 64.6 Å². The maximum Gasteiger partial charge on any atom is 0.0948 e. The van der Waals surface area contributed by atoms with Crippen LogP contribution in [0.2, 0.25) is 0 Å². The number of imidazole rings is 1. The lowest BCUT2D eigenvalue weighted by Gasteiger charge is -2.07. The first kappa shape index (κ1) is 6.28. The molecule has 0 amide bonds. The molecular formula is C7H10N2S. The predicted octanol–water partition coefficient (Wildman–Crippen LogP) is 1.56. The number of hydrogen-bond acceptors (Lipinski definition) is 2. The molecule has 0 aromatic carbocycles. The summed E-state index contributed by atoms with van der Waals surface area (Å²) in [7, 11) is 0. The smallest absolute Gasteiger partial charge is 0.0948 e. The molecular weight excluding hydrogens is 144 g/mol. The molecule has 3 heteroatoms. The van der Waals surface area contributed by atoms with Gasteiger partial charge in [-0.1, -0.05) is 0 Å². The van der Waals surface area contributed by atoms with Gasteiger partial charge in [-0.05, 0) is 12.2 Å². The molecule has 0 saturated carbocycles. The van der Waals surface area contributed by atoms with Crippen LogP contribution < -0.4 is 0 Å². The SMILES string of the molecule is c1cn(C2CCSC2)cn1. The van der Waals surface area contributed by atoms with E-state index in [1.165, 1.54) is 17.9 Å². The van der Waals surface area contributed by atoms with E-state index in [9.17, 15) is 0 Å². The molecule has 2 rings (SSSR count). The molecule has 54 valence electrons. The molecule has 2 nitrogen and oxygen atoms in total.